The summed E-state index contributed by atoms with van der Waals surface area (Å²) in [5.74, 6) is 2.85. The summed E-state index contributed by atoms with van der Waals surface area (Å²) < 4.78 is 11.4. The van der Waals surface area contributed by atoms with Crippen LogP contribution in [0.2, 0.25) is 0 Å². The molecule has 0 radical (unpaired) electrons. The summed E-state index contributed by atoms with van der Waals surface area (Å²) >= 11 is 0. The summed E-state index contributed by atoms with van der Waals surface area (Å²) in [6.07, 6.45) is 6.28. The van der Waals surface area contributed by atoms with Crippen LogP contribution in [0.15, 0.2) is 16.5 Å². The van der Waals surface area contributed by atoms with E-state index in [1.807, 2.05) is 6.92 Å². The van der Waals surface area contributed by atoms with Crippen LogP contribution in [0.1, 0.15) is 63.0 Å². The Morgan fingerprint density at radius 1 is 1.33 bits per heavy atom. The maximum absolute atomic E-state index is 9.61. The van der Waals surface area contributed by atoms with Gasteiger partial charge in [-0.2, -0.15) is 5.26 Å². The van der Waals surface area contributed by atoms with Gasteiger partial charge in [-0.3, -0.25) is 4.90 Å². The molecule has 0 spiro atoms. The van der Waals surface area contributed by atoms with Crippen LogP contribution in [0.4, 0.5) is 0 Å². The molecule has 2 atom stereocenters. The normalized spacial score (nSPS) is 27.7. The molecule has 0 bridgehead atoms. The zero-order valence-electron chi connectivity index (χ0n) is 15.1. The van der Waals surface area contributed by atoms with E-state index in [-0.39, 0.29) is 5.41 Å². The summed E-state index contributed by atoms with van der Waals surface area (Å²) in [5, 5.41) is 9.61. The number of furan rings is 1. The Morgan fingerprint density at radius 2 is 2.12 bits per heavy atom. The van der Waals surface area contributed by atoms with Crippen molar-refractivity contribution in [2.24, 2.45) is 11.3 Å². The quantitative estimate of drug-likeness (QED) is 0.799. The number of nitrogens with zero attached hydrogens (tertiary/aromatic N) is 2. The van der Waals surface area contributed by atoms with Crippen molar-refractivity contribution < 1.29 is 9.15 Å². The SMILES string of the molecule is Cc1ccc([C@@H]2C[C@@H](C)CCN2CCCC2(C#N)CCOCC2)o1. The number of likely N-dealkylation sites (tertiary alicyclic amines) is 1. The van der Waals surface area contributed by atoms with Gasteiger partial charge in [0.2, 0.25) is 0 Å². The predicted octanol–water partition coefficient (Wildman–Crippen LogP) is 4.46. The van der Waals surface area contributed by atoms with Crippen LogP contribution >= 0.6 is 0 Å². The molecule has 24 heavy (non-hydrogen) atoms. The third kappa shape index (κ3) is 4.02. The van der Waals surface area contributed by atoms with Crippen molar-refractivity contribution in [3.8, 4) is 6.07 Å². The highest BCUT2D eigenvalue weighted by atomic mass is 16.5. The molecule has 0 amide bonds. The van der Waals surface area contributed by atoms with Crippen LogP contribution in [-0.2, 0) is 4.74 Å². The topological polar surface area (TPSA) is 49.4 Å². The Morgan fingerprint density at radius 3 is 2.79 bits per heavy atom. The van der Waals surface area contributed by atoms with Gasteiger partial charge in [0.1, 0.15) is 11.5 Å². The first kappa shape index (κ1) is 17.5. The Kier molecular flexibility index (Phi) is 5.63. The fraction of sp³-hybridized carbons (Fsp3) is 0.750. The minimum Gasteiger partial charge on any atom is -0.465 e. The number of hydrogen-bond donors (Lipinski definition) is 0. The smallest absolute Gasteiger partial charge is 0.121 e. The van der Waals surface area contributed by atoms with Crippen molar-refractivity contribution in [3.05, 3.63) is 23.7 Å². The van der Waals surface area contributed by atoms with Crippen molar-refractivity contribution in [3.63, 3.8) is 0 Å². The molecule has 2 saturated heterocycles. The number of rotatable bonds is 5. The summed E-state index contributed by atoms with van der Waals surface area (Å²) in [7, 11) is 0. The van der Waals surface area contributed by atoms with Gasteiger partial charge in [-0.05, 0) is 76.6 Å². The Hall–Kier alpha value is -1.31. The lowest BCUT2D eigenvalue weighted by Crippen LogP contribution is -2.37. The Bertz CT molecular complexity index is 568. The Balaban J connectivity index is 1.59. The number of piperidine rings is 1. The number of ether oxygens (including phenoxy) is 1. The average molecular weight is 330 g/mol. The molecule has 2 fully saturated rings. The first-order chi connectivity index (χ1) is 11.6. The van der Waals surface area contributed by atoms with Crippen LogP contribution in [0.25, 0.3) is 0 Å². The van der Waals surface area contributed by atoms with Gasteiger partial charge < -0.3 is 9.15 Å². The lowest BCUT2D eigenvalue weighted by atomic mass is 9.77. The first-order valence-electron chi connectivity index (χ1n) is 9.41. The highest BCUT2D eigenvalue weighted by molar-refractivity contribution is 5.11. The zero-order valence-corrected chi connectivity index (χ0v) is 15.1. The van der Waals surface area contributed by atoms with Gasteiger partial charge in [0, 0.05) is 13.2 Å². The first-order valence-corrected chi connectivity index (χ1v) is 9.41. The van der Waals surface area contributed by atoms with E-state index in [0.29, 0.717) is 6.04 Å². The van der Waals surface area contributed by atoms with Crippen molar-refractivity contribution in [2.75, 3.05) is 26.3 Å². The average Bonchev–Trinajstić information content (AvgIpc) is 3.03. The number of aryl methyl sites for hydroxylation is 1. The molecule has 0 unspecified atom stereocenters. The molecule has 1 aromatic heterocycles. The van der Waals surface area contributed by atoms with Crippen molar-refractivity contribution in [1.29, 1.82) is 5.26 Å². The van der Waals surface area contributed by atoms with Crippen molar-refractivity contribution >= 4 is 0 Å². The molecule has 2 aliphatic heterocycles. The summed E-state index contributed by atoms with van der Waals surface area (Å²) in [6, 6.07) is 7.20. The van der Waals surface area contributed by atoms with Crippen LogP contribution in [-0.4, -0.2) is 31.2 Å². The lowest BCUT2D eigenvalue weighted by molar-refractivity contribution is 0.0321. The van der Waals surface area contributed by atoms with Crippen LogP contribution in [0.5, 0.6) is 0 Å². The summed E-state index contributed by atoms with van der Waals surface area (Å²) in [6.45, 7) is 8.02. The molecule has 0 aromatic carbocycles. The lowest BCUT2D eigenvalue weighted by Gasteiger charge is -2.38. The molecule has 0 N–H and O–H groups in total. The standard InChI is InChI=1S/C20H30N2O2/c1-16-6-11-22(18(14-16)19-5-4-17(2)24-19)10-3-7-20(15-21)8-12-23-13-9-20/h4-5,16,18H,3,6-14H2,1-2H3/t16-,18-/m0/s1. The number of hydrogen-bond acceptors (Lipinski definition) is 4. The van der Waals surface area contributed by atoms with E-state index in [1.54, 1.807) is 0 Å². The van der Waals surface area contributed by atoms with E-state index in [9.17, 15) is 5.26 Å². The van der Waals surface area contributed by atoms with E-state index >= 15 is 0 Å². The summed E-state index contributed by atoms with van der Waals surface area (Å²) in [5.41, 5.74) is -0.155. The largest absolute Gasteiger partial charge is 0.465 e. The molecule has 132 valence electrons. The van der Waals surface area contributed by atoms with E-state index in [0.717, 1.165) is 69.4 Å². The third-order valence-corrected chi connectivity index (χ3v) is 5.85. The molecule has 0 aliphatic carbocycles. The minimum absolute atomic E-state index is 0.155. The fourth-order valence-corrected chi connectivity index (χ4v) is 4.19. The van der Waals surface area contributed by atoms with Gasteiger partial charge >= 0.3 is 0 Å². The van der Waals surface area contributed by atoms with Gasteiger partial charge in [0.15, 0.2) is 0 Å². The van der Waals surface area contributed by atoms with Crippen LogP contribution < -0.4 is 0 Å². The van der Waals surface area contributed by atoms with E-state index in [2.05, 4.69) is 30.0 Å². The molecule has 0 saturated carbocycles. The molecular formula is C20H30N2O2. The van der Waals surface area contributed by atoms with Crippen LogP contribution in [0.3, 0.4) is 0 Å². The van der Waals surface area contributed by atoms with Gasteiger partial charge in [-0.25, -0.2) is 0 Å². The van der Waals surface area contributed by atoms with E-state index in [4.69, 9.17) is 9.15 Å². The second-order valence-corrected chi connectivity index (χ2v) is 7.74. The zero-order chi connectivity index (χ0) is 17.0. The van der Waals surface area contributed by atoms with Gasteiger partial charge in [0.05, 0.1) is 17.5 Å². The fourth-order valence-electron chi connectivity index (χ4n) is 4.19. The molecule has 4 nitrogen and oxygen atoms in total. The third-order valence-electron chi connectivity index (χ3n) is 5.85. The maximum atomic E-state index is 9.61. The molecule has 2 aliphatic rings. The molecule has 4 heteroatoms. The summed E-state index contributed by atoms with van der Waals surface area (Å²) in [4.78, 5) is 2.57. The molecule has 3 heterocycles. The number of nitriles is 1. The highest BCUT2D eigenvalue weighted by Gasteiger charge is 2.34. The molecular weight excluding hydrogens is 300 g/mol. The van der Waals surface area contributed by atoms with Gasteiger partial charge in [0.25, 0.3) is 0 Å². The van der Waals surface area contributed by atoms with Gasteiger partial charge in [-0.15, -0.1) is 0 Å². The minimum atomic E-state index is -0.155. The second-order valence-electron chi connectivity index (χ2n) is 7.74. The highest BCUT2D eigenvalue weighted by Crippen LogP contribution is 2.37. The van der Waals surface area contributed by atoms with E-state index < -0.39 is 0 Å². The molecule has 1 aromatic rings. The predicted molar refractivity (Wildman–Crippen MR) is 93.5 cm³/mol. The molecule has 3 rings (SSSR count). The van der Waals surface area contributed by atoms with Gasteiger partial charge in [-0.1, -0.05) is 6.92 Å². The van der Waals surface area contributed by atoms with Crippen molar-refractivity contribution in [2.45, 2.75) is 58.4 Å². The van der Waals surface area contributed by atoms with Crippen LogP contribution in [0, 0.1) is 29.6 Å². The second kappa shape index (κ2) is 7.72. The van der Waals surface area contributed by atoms with Crippen molar-refractivity contribution in [1.82, 2.24) is 4.90 Å². The maximum Gasteiger partial charge on any atom is 0.121 e. The van der Waals surface area contributed by atoms with E-state index in [1.165, 1.54) is 12.8 Å². The monoisotopic (exact) mass is 330 g/mol. The Labute approximate surface area is 145 Å².